The van der Waals surface area contributed by atoms with Gasteiger partial charge < -0.3 is 15.4 Å². The zero-order valence-electron chi connectivity index (χ0n) is 12.8. The Hall–Kier alpha value is -1.39. The maximum atomic E-state index is 11.8. The molecule has 0 saturated carbocycles. The van der Waals surface area contributed by atoms with Gasteiger partial charge in [0.25, 0.3) is 0 Å². The highest BCUT2D eigenvalue weighted by Gasteiger charge is 2.17. The van der Waals surface area contributed by atoms with Crippen LogP contribution in [-0.2, 0) is 16.1 Å². The third-order valence-corrected chi connectivity index (χ3v) is 3.76. The van der Waals surface area contributed by atoms with Gasteiger partial charge in [-0.2, -0.15) is 0 Å². The van der Waals surface area contributed by atoms with Crippen molar-refractivity contribution in [2.24, 2.45) is 5.92 Å². The molecule has 0 radical (unpaired) electrons. The van der Waals surface area contributed by atoms with Crippen molar-refractivity contribution in [3.8, 4) is 0 Å². The molecule has 1 aromatic carbocycles. The number of carbonyl (C=O) groups excluding carboxylic acids is 1. The van der Waals surface area contributed by atoms with Gasteiger partial charge in [-0.15, -0.1) is 0 Å². The van der Waals surface area contributed by atoms with Crippen LogP contribution in [0.5, 0.6) is 0 Å². The molecule has 21 heavy (non-hydrogen) atoms. The Bertz CT molecular complexity index is 416. The minimum Gasteiger partial charge on any atom is -0.376 e. The molecule has 2 unspecified atom stereocenters. The largest absolute Gasteiger partial charge is 0.376 e. The van der Waals surface area contributed by atoms with E-state index in [1.54, 1.807) is 0 Å². The van der Waals surface area contributed by atoms with Gasteiger partial charge in [0.1, 0.15) is 0 Å². The Morgan fingerprint density at radius 1 is 1.43 bits per heavy atom. The van der Waals surface area contributed by atoms with Crippen molar-refractivity contribution in [3.05, 3.63) is 35.9 Å². The van der Waals surface area contributed by atoms with E-state index in [9.17, 15) is 4.79 Å². The van der Waals surface area contributed by atoms with Crippen LogP contribution in [0.4, 0.5) is 0 Å². The summed E-state index contributed by atoms with van der Waals surface area (Å²) in [6, 6.07) is 10.5. The van der Waals surface area contributed by atoms with Crippen molar-refractivity contribution >= 4 is 5.91 Å². The van der Waals surface area contributed by atoms with Crippen LogP contribution in [0.3, 0.4) is 0 Å². The summed E-state index contributed by atoms with van der Waals surface area (Å²) in [5.41, 5.74) is 1.18. The fourth-order valence-corrected chi connectivity index (χ4v) is 2.53. The molecule has 0 bridgehead atoms. The highest BCUT2D eigenvalue weighted by Crippen LogP contribution is 2.08. The first-order valence-electron chi connectivity index (χ1n) is 7.86. The van der Waals surface area contributed by atoms with E-state index in [-0.39, 0.29) is 5.91 Å². The quantitative estimate of drug-likeness (QED) is 0.771. The van der Waals surface area contributed by atoms with Crippen molar-refractivity contribution in [3.63, 3.8) is 0 Å². The molecule has 2 N–H and O–H groups in total. The lowest BCUT2D eigenvalue weighted by molar-refractivity contribution is -0.121. The second-order valence-corrected chi connectivity index (χ2v) is 5.91. The summed E-state index contributed by atoms with van der Waals surface area (Å²) in [6.07, 6.45) is 2.89. The lowest BCUT2D eigenvalue weighted by atomic mass is 10.1. The molecular formula is C17H26N2O2. The average molecular weight is 290 g/mol. The van der Waals surface area contributed by atoms with Crippen LogP contribution >= 0.6 is 0 Å². The molecule has 1 aliphatic heterocycles. The van der Waals surface area contributed by atoms with Crippen LogP contribution in [0, 0.1) is 5.92 Å². The van der Waals surface area contributed by atoms with Gasteiger partial charge in [0.15, 0.2) is 0 Å². The van der Waals surface area contributed by atoms with E-state index in [2.05, 4.69) is 29.7 Å². The summed E-state index contributed by atoms with van der Waals surface area (Å²) in [5.74, 6) is 0.471. The molecule has 2 rings (SSSR count). The van der Waals surface area contributed by atoms with E-state index in [0.29, 0.717) is 38.1 Å². The fourth-order valence-electron chi connectivity index (χ4n) is 2.53. The number of amides is 1. The monoisotopic (exact) mass is 290 g/mol. The van der Waals surface area contributed by atoms with E-state index in [4.69, 9.17) is 4.74 Å². The molecule has 1 aliphatic rings. The molecule has 0 aromatic heterocycles. The summed E-state index contributed by atoms with van der Waals surface area (Å²) in [5, 5.41) is 6.34. The van der Waals surface area contributed by atoms with Gasteiger partial charge >= 0.3 is 0 Å². The lowest BCUT2D eigenvalue weighted by Crippen LogP contribution is -2.34. The number of carbonyl (C=O) groups is 1. The maximum absolute atomic E-state index is 11.8. The van der Waals surface area contributed by atoms with Crippen LogP contribution in [0.1, 0.15) is 31.7 Å². The van der Waals surface area contributed by atoms with Crippen LogP contribution in [0.15, 0.2) is 30.3 Å². The van der Waals surface area contributed by atoms with Gasteiger partial charge in [-0.3, -0.25) is 4.79 Å². The molecule has 2 atom stereocenters. The van der Waals surface area contributed by atoms with E-state index < -0.39 is 0 Å². The second-order valence-electron chi connectivity index (χ2n) is 5.91. The van der Waals surface area contributed by atoms with Gasteiger partial charge in [-0.05, 0) is 30.9 Å². The Morgan fingerprint density at radius 3 is 2.95 bits per heavy atom. The van der Waals surface area contributed by atoms with Crippen molar-refractivity contribution < 1.29 is 9.53 Å². The highest BCUT2D eigenvalue weighted by molar-refractivity contribution is 5.76. The molecule has 0 aliphatic carbocycles. The van der Waals surface area contributed by atoms with Crippen LogP contribution < -0.4 is 10.6 Å². The lowest BCUT2D eigenvalue weighted by Gasteiger charge is -2.15. The van der Waals surface area contributed by atoms with E-state index in [1.807, 2.05) is 18.2 Å². The number of rotatable bonds is 8. The third-order valence-electron chi connectivity index (χ3n) is 3.76. The van der Waals surface area contributed by atoms with Crippen molar-refractivity contribution in [2.75, 3.05) is 19.7 Å². The first kappa shape index (κ1) is 16.0. The number of hydrogen-bond acceptors (Lipinski definition) is 3. The first-order chi connectivity index (χ1) is 10.2. The smallest absolute Gasteiger partial charge is 0.221 e. The summed E-state index contributed by atoms with van der Waals surface area (Å²) in [7, 11) is 0. The summed E-state index contributed by atoms with van der Waals surface area (Å²) >= 11 is 0. The zero-order valence-corrected chi connectivity index (χ0v) is 12.8. The van der Waals surface area contributed by atoms with E-state index in [1.165, 1.54) is 12.0 Å². The molecule has 1 fully saturated rings. The van der Waals surface area contributed by atoms with Crippen LogP contribution in [0.25, 0.3) is 0 Å². The molecule has 1 amide bonds. The van der Waals surface area contributed by atoms with E-state index >= 15 is 0 Å². The Morgan fingerprint density at radius 2 is 2.24 bits per heavy atom. The molecule has 0 spiro atoms. The van der Waals surface area contributed by atoms with Crippen LogP contribution in [0.2, 0.25) is 0 Å². The molecule has 1 saturated heterocycles. The molecule has 1 aromatic rings. The molecule has 1 heterocycles. The normalized spacial score (nSPS) is 19.4. The molecule has 4 heteroatoms. The summed E-state index contributed by atoms with van der Waals surface area (Å²) in [4.78, 5) is 11.8. The summed E-state index contributed by atoms with van der Waals surface area (Å²) in [6.45, 7) is 5.11. The first-order valence-corrected chi connectivity index (χ1v) is 7.86. The molecule has 116 valence electrons. The van der Waals surface area contributed by atoms with Gasteiger partial charge in [-0.1, -0.05) is 37.3 Å². The topological polar surface area (TPSA) is 50.4 Å². The maximum Gasteiger partial charge on any atom is 0.221 e. The predicted octanol–water partition coefficient (Wildman–Crippen LogP) is 2.10. The van der Waals surface area contributed by atoms with Crippen molar-refractivity contribution in [1.82, 2.24) is 10.6 Å². The minimum atomic E-state index is 0.143. The van der Waals surface area contributed by atoms with Gasteiger partial charge in [-0.25, -0.2) is 0 Å². The fraction of sp³-hybridized carbons (Fsp3) is 0.588. The molecular weight excluding hydrogens is 264 g/mol. The third kappa shape index (κ3) is 6.27. The van der Waals surface area contributed by atoms with Crippen molar-refractivity contribution in [2.45, 2.75) is 38.8 Å². The van der Waals surface area contributed by atoms with Gasteiger partial charge in [0.2, 0.25) is 5.91 Å². The number of benzene rings is 1. The number of ether oxygens (including phenoxy) is 1. The molecule has 4 nitrogen and oxygen atoms in total. The standard InChI is InChI=1S/C17H26N2O2/c1-14(12-21-13-15-6-3-2-4-7-15)11-19-17(20)10-16-8-5-9-18-16/h2-4,6-7,14,16,18H,5,8-13H2,1H3,(H,19,20). The Kier molecular flexibility index (Phi) is 6.70. The van der Waals surface area contributed by atoms with Gasteiger partial charge in [0, 0.05) is 19.0 Å². The average Bonchev–Trinajstić information content (AvgIpc) is 2.99. The second kappa shape index (κ2) is 8.80. The number of nitrogens with one attached hydrogen (secondary N) is 2. The van der Waals surface area contributed by atoms with Gasteiger partial charge in [0.05, 0.1) is 13.2 Å². The van der Waals surface area contributed by atoms with E-state index in [0.717, 1.165) is 13.0 Å². The highest BCUT2D eigenvalue weighted by atomic mass is 16.5. The zero-order chi connectivity index (χ0) is 14.9. The Balaban J connectivity index is 1.54. The summed E-state index contributed by atoms with van der Waals surface area (Å²) < 4.78 is 5.68. The predicted molar refractivity (Wildman–Crippen MR) is 83.9 cm³/mol. The minimum absolute atomic E-state index is 0.143. The van der Waals surface area contributed by atoms with Crippen molar-refractivity contribution in [1.29, 1.82) is 0 Å². The Labute approximate surface area is 127 Å². The number of hydrogen-bond donors (Lipinski definition) is 2. The SMILES string of the molecule is CC(CNC(=O)CC1CCCN1)COCc1ccccc1. The van der Waals surface area contributed by atoms with Crippen LogP contribution in [-0.4, -0.2) is 31.6 Å².